The van der Waals surface area contributed by atoms with Gasteiger partial charge in [0, 0.05) is 36.3 Å². The molecule has 0 aromatic heterocycles. The van der Waals surface area contributed by atoms with Crippen LogP contribution in [0.5, 0.6) is 0 Å². The first-order chi connectivity index (χ1) is 13.5. The maximum absolute atomic E-state index is 12.9. The summed E-state index contributed by atoms with van der Waals surface area (Å²) < 4.78 is 0. The number of rotatable bonds is 4. The minimum atomic E-state index is -0.280. The van der Waals surface area contributed by atoms with E-state index >= 15 is 0 Å². The average molecular weight is 400 g/mol. The smallest absolute Gasteiger partial charge is 0.317 e. The number of aryl methyl sites for hydroxylation is 1. The number of halogens is 1. The molecule has 2 unspecified atom stereocenters. The van der Waals surface area contributed by atoms with Crippen molar-refractivity contribution in [3.8, 4) is 0 Å². The maximum atomic E-state index is 12.9. The fraction of sp³-hybridized carbons (Fsp3) is 0.364. The molecule has 0 aliphatic carbocycles. The van der Waals surface area contributed by atoms with Gasteiger partial charge in [0.1, 0.15) is 0 Å². The molecule has 1 heterocycles. The molecule has 1 aliphatic heterocycles. The van der Waals surface area contributed by atoms with Crippen molar-refractivity contribution in [2.75, 3.05) is 25.0 Å². The first-order valence-corrected chi connectivity index (χ1v) is 9.99. The lowest BCUT2D eigenvalue weighted by molar-refractivity contribution is -0.121. The second kappa shape index (κ2) is 9.11. The topological polar surface area (TPSA) is 61.4 Å². The van der Waals surface area contributed by atoms with Crippen molar-refractivity contribution >= 4 is 29.2 Å². The zero-order valence-electron chi connectivity index (χ0n) is 16.2. The lowest BCUT2D eigenvalue weighted by Crippen LogP contribution is -2.50. The van der Waals surface area contributed by atoms with E-state index in [-0.39, 0.29) is 23.8 Å². The molecule has 0 bridgehead atoms. The van der Waals surface area contributed by atoms with Crippen LogP contribution >= 0.6 is 11.6 Å². The van der Waals surface area contributed by atoms with Crippen LogP contribution in [0.25, 0.3) is 0 Å². The molecule has 2 N–H and O–H groups in total. The molecule has 1 fully saturated rings. The number of urea groups is 1. The van der Waals surface area contributed by atoms with Crippen LogP contribution in [0.1, 0.15) is 30.4 Å². The van der Waals surface area contributed by atoms with Crippen LogP contribution in [0, 0.1) is 12.8 Å². The third kappa shape index (κ3) is 5.04. The van der Waals surface area contributed by atoms with Gasteiger partial charge in [-0.15, -0.1) is 0 Å². The van der Waals surface area contributed by atoms with Crippen molar-refractivity contribution in [3.63, 3.8) is 0 Å². The Morgan fingerprint density at radius 3 is 2.57 bits per heavy atom. The summed E-state index contributed by atoms with van der Waals surface area (Å²) in [7, 11) is 0. The normalized spacial score (nSPS) is 19.2. The van der Waals surface area contributed by atoms with Crippen LogP contribution in [-0.4, -0.2) is 36.5 Å². The monoisotopic (exact) mass is 399 g/mol. The Morgan fingerprint density at radius 1 is 1.14 bits per heavy atom. The minimum Gasteiger partial charge on any atom is -0.338 e. The summed E-state index contributed by atoms with van der Waals surface area (Å²) in [6.07, 6.45) is 0.707. The number of likely N-dealkylation sites (tertiary alicyclic amines) is 1. The summed E-state index contributed by atoms with van der Waals surface area (Å²) in [5, 5.41) is 6.44. The molecule has 5 nitrogen and oxygen atoms in total. The summed E-state index contributed by atoms with van der Waals surface area (Å²) in [6, 6.07) is 15.2. The largest absolute Gasteiger partial charge is 0.338 e. The fourth-order valence-electron chi connectivity index (χ4n) is 3.66. The third-order valence-corrected chi connectivity index (χ3v) is 5.31. The van der Waals surface area contributed by atoms with Crippen LogP contribution in [0.3, 0.4) is 0 Å². The van der Waals surface area contributed by atoms with Gasteiger partial charge in [-0.05, 0) is 50.1 Å². The number of carbonyl (C=O) groups is 2. The molecule has 28 heavy (non-hydrogen) atoms. The van der Waals surface area contributed by atoms with Crippen molar-refractivity contribution in [1.82, 2.24) is 10.2 Å². The van der Waals surface area contributed by atoms with Gasteiger partial charge in [0.25, 0.3) is 0 Å². The Hall–Kier alpha value is -2.53. The average Bonchev–Trinajstić information content (AvgIpc) is 2.69. The van der Waals surface area contributed by atoms with E-state index in [0.29, 0.717) is 36.8 Å². The molecular formula is C22H26ClN3O2. The van der Waals surface area contributed by atoms with Gasteiger partial charge in [0.15, 0.2) is 0 Å². The van der Waals surface area contributed by atoms with E-state index in [1.54, 1.807) is 29.2 Å². The van der Waals surface area contributed by atoms with Gasteiger partial charge in [-0.1, -0.05) is 41.4 Å². The predicted molar refractivity (Wildman–Crippen MR) is 113 cm³/mol. The Balaban J connectivity index is 1.79. The van der Waals surface area contributed by atoms with E-state index in [1.165, 1.54) is 11.1 Å². The molecule has 1 aliphatic rings. The minimum absolute atomic E-state index is 0.0750. The Bertz CT molecular complexity index is 838. The lowest BCUT2D eigenvalue weighted by atomic mass is 9.83. The van der Waals surface area contributed by atoms with Crippen LogP contribution in [-0.2, 0) is 4.79 Å². The summed E-state index contributed by atoms with van der Waals surface area (Å²) >= 11 is 5.92. The number of carbonyl (C=O) groups excluding carboxylic acids is 2. The molecule has 0 saturated carbocycles. The molecule has 3 amide bonds. The first kappa shape index (κ1) is 20.2. The van der Waals surface area contributed by atoms with Gasteiger partial charge in [0.2, 0.25) is 5.91 Å². The second-order valence-corrected chi connectivity index (χ2v) is 7.72. The van der Waals surface area contributed by atoms with E-state index in [9.17, 15) is 9.59 Å². The van der Waals surface area contributed by atoms with Crippen LogP contribution in [0.2, 0.25) is 5.02 Å². The molecule has 3 rings (SSSR count). The predicted octanol–water partition coefficient (Wildman–Crippen LogP) is 4.42. The lowest BCUT2D eigenvalue weighted by Gasteiger charge is -2.37. The van der Waals surface area contributed by atoms with E-state index < -0.39 is 0 Å². The van der Waals surface area contributed by atoms with Crippen molar-refractivity contribution in [3.05, 3.63) is 64.7 Å². The van der Waals surface area contributed by atoms with Crippen LogP contribution < -0.4 is 10.6 Å². The van der Waals surface area contributed by atoms with Crippen LogP contribution in [0.4, 0.5) is 10.5 Å². The molecule has 0 radical (unpaired) electrons. The Kier molecular flexibility index (Phi) is 6.57. The second-order valence-electron chi connectivity index (χ2n) is 7.28. The van der Waals surface area contributed by atoms with Gasteiger partial charge in [-0.3, -0.25) is 4.79 Å². The molecule has 0 spiro atoms. The zero-order chi connectivity index (χ0) is 20.1. The highest BCUT2D eigenvalue weighted by molar-refractivity contribution is 6.30. The molecule has 2 atom stereocenters. The zero-order valence-corrected chi connectivity index (χ0v) is 17.0. The highest BCUT2D eigenvalue weighted by atomic mass is 35.5. The number of benzene rings is 2. The Morgan fingerprint density at radius 2 is 1.89 bits per heavy atom. The molecule has 2 aromatic carbocycles. The third-order valence-electron chi connectivity index (χ3n) is 5.06. The number of hydrogen-bond donors (Lipinski definition) is 2. The SMILES string of the molecule is CCNC(=O)N1CC(C(=O)Nc2ccc(Cl)cc2)CC(c2cccc(C)c2)C1. The van der Waals surface area contributed by atoms with Gasteiger partial charge >= 0.3 is 6.03 Å². The van der Waals surface area contributed by atoms with Crippen molar-refractivity contribution in [2.24, 2.45) is 5.92 Å². The van der Waals surface area contributed by atoms with E-state index in [2.05, 4.69) is 35.8 Å². The number of piperidine rings is 1. The molecule has 1 saturated heterocycles. The van der Waals surface area contributed by atoms with Crippen molar-refractivity contribution in [2.45, 2.75) is 26.2 Å². The number of nitrogens with one attached hydrogen (secondary N) is 2. The van der Waals surface area contributed by atoms with Gasteiger partial charge in [-0.2, -0.15) is 0 Å². The fourth-order valence-corrected chi connectivity index (χ4v) is 3.79. The summed E-state index contributed by atoms with van der Waals surface area (Å²) in [4.78, 5) is 27.2. The highest BCUT2D eigenvalue weighted by Crippen LogP contribution is 2.31. The first-order valence-electron chi connectivity index (χ1n) is 9.62. The molecular weight excluding hydrogens is 374 g/mol. The number of amides is 3. The van der Waals surface area contributed by atoms with Crippen LogP contribution in [0.15, 0.2) is 48.5 Å². The number of nitrogens with zero attached hydrogens (tertiary/aromatic N) is 1. The van der Waals surface area contributed by atoms with Crippen molar-refractivity contribution < 1.29 is 9.59 Å². The molecule has 6 heteroatoms. The number of hydrogen-bond acceptors (Lipinski definition) is 2. The molecule has 148 valence electrons. The van der Waals surface area contributed by atoms with Gasteiger partial charge in [-0.25, -0.2) is 4.79 Å². The van der Waals surface area contributed by atoms with Gasteiger partial charge in [0.05, 0.1) is 5.92 Å². The summed E-state index contributed by atoms with van der Waals surface area (Å²) in [5.74, 6) is -0.233. The van der Waals surface area contributed by atoms with E-state index in [1.807, 2.05) is 13.0 Å². The standard InChI is InChI=1S/C22H26ClN3O2/c1-3-24-22(28)26-13-17(16-6-4-5-15(2)11-16)12-18(14-26)21(27)25-20-9-7-19(23)8-10-20/h4-11,17-18H,3,12-14H2,1-2H3,(H,24,28)(H,25,27). The highest BCUT2D eigenvalue weighted by Gasteiger charge is 2.34. The van der Waals surface area contributed by atoms with E-state index in [0.717, 1.165) is 0 Å². The number of anilines is 1. The van der Waals surface area contributed by atoms with Gasteiger partial charge < -0.3 is 15.5 Å². The molecule has 2 aromatic rings. The Labute approximate surface area is 171 Å². The summed E-state index contributed by atoms with van der Waals surface area (Å²) in [5.41, 5.74) is 3.05. The quantitative estimate of drug-likeness (QED) is 0.799. The summed E-state index contributed by atoms with van der Waals surface area (Å²) in [6.45, 7) is 5.53. The maximum Gasteiger partial charge on any atom is 0.317 e. The van der Waals surface area contributed by atoms with Crippen molar-refractivity contribution in [1.29, 1.82) is 0 Å². The van der Waals surface area contributed by atoms with E-state index in [4.69, 9.17) is 11.6 Å².